The maximum absolute atomic E-state index is 14.7. The lowest BCUT2D eigenvalue weighted by atomic mass is 10.0. The Kier molecular flexibility index (Phi) is 10.1. The Labute approximate surface area is 384 Å². The minimum Gasteiger partial charge on any atom is -0.260 e. The van der Waals surface area contributed by atoms with Crippen LogP contribution in [0.25, 0.3) is 83.9 Å². The van der Waals surface area contributed by atoms with E-state index in [9.17, 15) is 14.4 Å². The number of imidazole rings is 3. The summed E-state index contributed by atoms with van der Waals surface area (Å²) in [6.07, 6.45) is 5.70. The highest BCUT2D eigenvalue weighted by Crippen LogP contribution is 2.29. The van der Waals surface area contributed by atoms with E-state index in [1.54, 1.807) is 33.5 Å². The van der Waals surface area contributed by atoms with E-state index in [4.69, 9.17) is 0 Å². The van der Waals surface area contributed by atoms with Gasteiger partial charge in [0, 0.05) is 0 Å². The molecule has 0 fully saturated rings. The summed E-state index contributed by atoms with van der Waals surface area (Å²) in [5.74, 6) is 0. The highest BCUT2D eigenvalue weighted by molar-refractivity contribution is 5.88. The van der Waals surface area contributed by atoms with Crippen LogP contribution in [0.15, 0.2) is 245 Å². The SMILES string of the molecule is C=C/C(=C\C(=C/C)c1ccccc1)n1c(=O)n(-c2ccc(-n3c(=O)n(-c4ccc(-n5c(=O)n(-c6cccc(-c7ccccc7)c6)c6ccccc65)cc4)c4ccccc43)cc2)c2ccccc21. The molecule has 3 aromatic heterocycles. The first-order chi connectivity index (χ1) is 32.9. The van der Waals surface area contributed by atoms with Crippen molar-refractivity contribution in [1.29, 1.82) is 0 Å². The van der Waals surface area contributed by atoms with Crippen molar-refractivity contribution in [3.8, 4) is 39.6 Å². The maximum Gasteiger partial charge on any atom is 0.338 e. The number of hydrogen-bond donors (Lipinski definition) is 0. The second kappa shape index (κ2) is 16.7. The third kappa shape index (κ3) is 6.85. The van der Waals surface area contributed by atoms with E-state index >= 15 is 0 Å². The fourth-order valence-corrected chi connectivity index (χ4v) is 9.24. The molecule has 0 saturated heterocycles. The van der Waals surface area contributed by atoms with Crippen LogP contribution in [0.2, 0.25) is 0 Å². The summed E-state index contributed by atoms with van der Waals surface area (Å²) in [7, 11) is 0. The Balaban J connectivity index is 0.961. The summed E-state index contributed by atoms with van der Waals surface area (Å²) in [6.45, 7) is 6.07. The molecule has 9 heteroatoms. The molecular weight excluding hydrogens is 829 g/mol. The average Bonchev–Trinajstić information content (AvgIpc) is 3.97. The van der Waals surface area contributed by atoms with Crippen LogP contribution in [-0.2, 0) is 0 Å². The largest absolute Gasteiger partial charge is 0.338 e. The predicted octanol–water partition coefficient (Wildman–Crippen LogP) is 11.8. The van der Waals surface area contributed by atoms with Gasteiger partial charge < -0.3 is 0 Å². The van der Waals surface area contributed by atoms with E-state index in [-0.39, 0.29) is 17.1 Å². The molecule has 67 heavy (non-hydrogen) atoms. The Morgan fingerprint density at radius 1 is 0.388 bits per heavy atom. The van der Waals surface area contributed by atoms with Crippen LogP contribution in [0.4, 0.5) is 0 Å². The second-order valence-electron chi connectivity index (χ2n) is 16.2. The van der Waals surface area contributed by atoms with Gasteiger partial charge in [-0.2, -0.15) is 0 Å². The van der Waals surface area contributed by atoms with E-state index in [1.807, 2.05) is 213 Å². The number of rotatable bonds is 10. The summed E-state index contributed by atoms with van der Waals surface area (Å²) >= 11 is 0. The smallest absolute Gasteiger partial charge is 0.260 e. The van der Waals surface area contributed by atoms with Crippen LogP contribution < -0.4 is 17.1 Å². The van der Waals surface area contributed by atoms with Gasteiger partial charge in [-0.15, -0.1) is 0 Å². The van der Waals surface area contributed by atoms with Crippen molar-refractivity contribution >= 4 is 44.4 Å². The van der Waals surface area contributed by atoms with E-state index in [0.717, 1.165) is 55.5 Å². The van der Waals surface area contributed by atoms with Crippen LogP contribution in [-0.4, -0.2) is 27.4 Å². The summed E-state index contributed by atoms with van der Waals surface area (Å²) in [4.78, 5) is 43.6. The third-order valence-corrected chi connectivity index (χ3v) is 12.4. The van der Waals surface area contributed by atoms with Gasteiger partial charge in [0.05, 0.1) is 67.2 Å². The monoisotopic (exact) mass is 870 g/mol. The molecule has 0 N–H and O–H groups in total. The zero-order chi connectivity index (χ0) is 45.6. The van der Waals surface area contributed by atoms with Crippen LogP contribution in [0, 0.1) is 0 Å². The molecule has 322 valence electrons. The van der Waals surface area contributed by atoms with Gasteiger partial charge in [-0.05, 0) is 138 Å². The summed E-state index contributed by atoms with van der Waals surface area (Å²) in [6, 6.07) is 66.3. The molecule has 0 atom stereocenters. The zero-order valence-electron chi connectivity index (χ0n) is 36.5. The highest BCUT2D eigenvalue weighted by Gasteiger charge is 2.21. The molecule has 0 aliphatic heterocycles. The Hall–Kier alpha value is -9.21. The molecule has 0 unspecified atom stereocenters. The Morgan fingerprint density at radius 2 is 0.761 bits per heavy atom. The van der Waals surface area contributed by atoms with Crippen molar-refractivity contribution in [3.05, 3.63) is 268 Å². The standard InChI is InChI=1S/C58H42N6O3/c1-3-40(41-18-7-5-8-19-41)38-44(4-2)59-50-24-11-12-25-51(50)60(56(59)65)45-30-32-46(33-31-45)61-52-26-13-14-27-53(52)62(57(61)66)47-34-36-48(37-35-47)63-54-28-15-16-29-55(54)64(58(63)67)49-23-17-22-43(39-49)42-20-9-6-10-21-42/h3-39H,2H2,1H3/b40-3+,44-38+. The number of nitrogens with zero attached hydrogens (tertiary/aromatic N) is 6. The van der Waals surface area contributed by atoms with Crippen molar-refractivity contribution in [2.75, 3.05) is 0 Å². The van der Waals surface area contributed by atoms with Gasteiger partial charge in [0.15, 0.2) is 0 Å². The van der Waals surface area contributed by atoms with E-state index < -0.39 is 0 Å². The van der Waals surface area contributed by atoms with Gasteiger partial charge in [-0.3, -0.25) is 27.4 Å². The quantitative estimate of drug-likeness (QED) is 0.128. The number of aromatic nitrogens is 6. The zero-order valence-corrected chi connectivity index (χ0v) is 36.5. The topological polar surface area (TPSA) is 80.8 Å². The summed E-state index contributed by atoms with van der Waals surface area (Å²) in [5.41, 5.74) is 11.8. The van der Waals surface area contributed by atoms with E-state index in [2.05, 4.69) is 18.7 Å². The van der Waals surface area contributed by atoms with Gasteiger partial charge in [-0.25, -0.2) is 14.4 Å². The molecule has 0 spiro atoms. The lowest BCUT2D eigenvalue weighted by Gasteiger charge is -2.08. The number of para-hydroxylation sites is 6. The molecule has 8 aromatic carbocycles. The molecule has 0 bridgehead atoms. The molecule has 11 aromatic rings. The molecule has 11 rings (SSSR count). The van der Waals surface area contributed by atoms with Crippen molar-refractivity contribution in [2.24, 2.45) is 0 Å². The fraction of sp³-hybridized carbons (Fsp3) is 0.0172. The molecule has 0 amide bonds. The molecule has 0 saturated carbocycles. The van der Waals surface area contributed by atoms with Crippen molar-refractivity contribution in [2.45, 2.75) is 6.92 Å². The normalized spacial score (nSPS) is 12.1. The number of fused-ring (bicyclic) bond motifs is 3. The predicted molar refractivity (Wildman–Crippen MR) is 272 cm³/mol. The molecule has 3 heterocycles. The molecule has 9 nitrogen and oxygen atoms in total. The third-order valence-electron chi connectivity index (χ3n) is 12.4. The van der Waals surface area contributed by atoms with Gasteiger partial charge >= 0.3 is 17.1 Å². The molecule has 0 aliphatic rings. The highest BCUT2D eigenvalue weighted by atomic mass is 16.2. The second-order valence-corrected chi connectivity index (χ2v) is 16.2. The number of benzene rings is 8. The Morgan fingerprint density at radius 3 is 1.21 bits per heavy atom. The van der Waals surface area contributed by atoms with Gasteiger partial charge in [0.25, 0.3) is 0 Å². The summed E-state index contributed by atoms with van der Waals surface area (Å²) in [5, 5.41) is 0. The van der Waals surface area contributed by atoms with Crippen LogP contribution >= 0.6 is 0 Å². The molecule has 0 aliphatic carbocycles. The van der Waals surface area contributed by atoms with E-state index in [1.165, 1.54) is 0 Å². The number of hydrogen-bond acceptors (Lipinski definition) is 3. The van der Waals surface area contributed by atoms with Crippen molar-refractivity contribution in [3.63, 3.8) is 0 Å². The lowest BCUT2D eigenvalue weighted by molar-refractivity contribution is 0.917. The van der Waals surface area contributed by atoms with Gasteiger partial charge in [0.2, 0.25) is 0 Å². The van der Waals surface area contributed by atoms with Crippen LogP contribution in [0.3, 0.4) is 0 Å². The van der Waals surface area contributed by atoms with Gasteiger partial charge in [-0.1, -0.05) is 122 Å². The average molecular weight is 871 g/mol. The fourth-order valence-electron chi connectivity index (χ4n) is 9.24. The minimum absolute atomic E-state index is 0.202. The first kappa shape index (κ1) is 40.6. The number of allylic oxidation sites excluding steroid dienone is 5. The first-order valence-corrected chi connectivity index (χ1v) is 22.0. The Bertz CT molecular complexity index is 3930. The summed E-state index contributed by atoms with van der Waals surface area (Å²) < 4.78 is 10.2. The minimum atomic E-state index is -0.263. The van der Waals surface area contributed by atoms with Gasteiger partial charge in [0.1, 0.15) is 0 Å². The molecular formula is C58H42N6O3. The lowest BCUT2D eigenvalue weighted by Crippen LogP contribution is -2.23. The first-order valence-electron chi connectivity index (χ1n) is 22.0. The van der Waals surface area contributed by atoms with E-state index in [0.29, 0.717) is 34.0 Å². The van der Waals surface area contributed by atoms with Crippen LogP contribution in [0.1, 0.15) is 12.5 Å². The van der Waals surface area contributed by atoms with Crippen molar-refractivity contribution in [1.82, 2.24) is 27.4 Å². The maximum atomic E-state index is 14.7. The van der Waals surface area contributed by atoms with Crippen LogP contribution in [0.5, 0.6) is 0 Å². The van der Waals surface area contributed by atoms with Crippen molar-refractivity contribution < 1.29 is 0 Å². The molecule has 0 radical (unpaired) electrons.